The van der Waals surface area contributed by atoms with E-state index in [0.29, 0.717) is 0 Å². The molecule has 0 aliphatic heterocycles. The van der Waals surface area contributed by atoms with Crippen molar-refractivity contribution >= 4 is 60.9 Å². The highest BCUT2D eigenvalue weighted by atomic mass is 16.3. The Bertz CT molecular complexity index is 3100. The van der Waals surface area contributed by atoms with Gasteiger partial charge in [0.1, 0.15) is 22.3 Å². The molecule has 3 nitrogen and oxygen atoms in total. The van der Waals surface area contributed by atoms with Crippen LogP contribution in [-0.2, 0) is 0 Å². The molecule has 0 saturated carbocycles. The third kappa shape index (κ3) is 5.76. The molecule has 0 atom stereocenters. The molecule has 2 aromatic heterocycles. The zero-order valence-electron chi connectivity index (χ0n) is 31.0. The highest BCUT2D eigenvalue weighted by Crippen LogP contribution is 2.47. The van der Waals surface area contributed by atoms with Crippen molar-refractivity contribution < 1.29 is 8.83 Å². The summed E-state index contributed by atoms with van der Waals surface area (Å²) in [6.07, 6.45) is 0. The highest BCUT2D eigenvalue weighted by Gasteiger charge is 2.22. The fraction of sp³-hybridized carbons (Fsp3) is 0. The van der Waals surface area contributed by atoms with E-state index in [9.17, 15) is 0 Å². The minimum absolute atomic E-state index is 0.817. The summed E-state index contributed by atoms with van der Waals surface area (Å²) in [5.41, 5.74) is 15.7. The van der Waals surface area contributed by atoms with E-state index in [0.717, 1.165) is 83.2 Å². The summed E-state index contributed by atoms with van der Waals surface area (Å²) in [6.45, 7) is 0. The molecule has 57 heavy (non-hydrogen) atoms. The van der Waals surface area contributed by atoms with Gasteiger partial charge in [-0.05, 0) is 105 Å². The van der Waals surface area contributed by atoms with Crippen molar-refractivity contribution in [2.45, 2.75) is 0 Å². The van der Waals surface area contributed by atoms with Crippen LogP contribution in [0.1, 0.15) is 0 Å². The molecule has 0 N–H and O–H groups in total. The van der Waals surface area contributed by atoms with Crippen molar-refractivity contribution in [3.05, 3.63) is 212 Å². The summed E-state index contributed by atoms with van der Waals surface area (Å²) in [4.78, 5) is 2.34. The highest BCUT2D eigenvalue weighted by molar-refractivity contribution is 6.21. The second-order valence-electron chi connectivity index (χ2n) is 14.5. The summed E-state index contributed by atoms with van der Waals surface area (Å²) in [6, 6.07) is 74.9. The van der Waals surface area contributed by atoms with E-state index < -0.39 is 0 Å². The zero-order valence-corrected chi connectivity index (χ0v) is 31.0. The van der Waals surface area contributed by atoms with Crippen molar-refractivity contribution in [3.63, 3.8) is 0 Å². The Morgan fingerprint density at radius 3 is 1.25 bits per heavy atom. The molecule has 3 heteroatoms. The first-order valence-electron chi connectivity index (χ1n) is 19.3. The third-order valence-electron chi connectivity index (χ3n) is 11.1. The molecule has 268 valence electrons. The predicted molar refractivity (Wildman–Crippen MR) is 237 cm³/mol. The Balaban J connectivity index is 1.12. The lowest BCUT2D eigenvalue weighted by Gasteiger charge is -2.26. The van der Waals surface area contributed by atoms with E-state index >= 15 is 0 Å². The fourth-order valence-corrected chi connectivity index (χ4v) is 8.33. The summed E-state index contributed by atoms with van der Waals surface area (Å²) in [5, 5.41) is 4.14. The molecule has 11 rings (SSSR count). The van der Waals surface area contributed by atoms with Crippen LogP contribution in [0.25, 0.3) is 88.4 Å². The van der Waals surface area contributed by atoms with Crippen LogP contribution >= 0.6 is 0 Å². The van der Waals surface area contributed by atoms with Gasteiger partial charge in [-0.1, -0.05) is 152 Å². The summed E-state index contributed by atoms with van der Waals surface area (Å²) >= 11 is 0. The molecule has 9 aromatic carbocycles. The molecule has 2 heterocycles. The van der Waals surface area contributed by atoms with Gasteiger partial charge in [-0.15, -0.1) is 0 Å². The van der Waals surface area contributed by atoms with Gasteiger partial charge < -0.3 is 13.7 Å². The lowest BCUT2D eigenvalue weighted by molar-refractivity contribution is 0.664. The number of fused-ring (bicyclic) bond motifs is 6. The first-order valence-corrected chi connectivity index (χ1v) is 19.3. The lowest BCUT2D eigenvalue weighted by Crippen LogP contribution is -2.10. The Kier molecular flexibility index (Phi) is 7.82. The first-order chi connectivity index (χ1) is 28.2. The van der Waals surface area contributed by atoms with Gasteiger partial charge in [0.25, 0.3) is 0 Å². The molecule has 0 spiro atoms. The second-order valence-corrected chi connectivity index (χ2v) is 14.5. The average Bonchev–Trinajstić information content (AvgIpc) is 3.84. The van der Waals surface area contributed by atoms with E-state index in [1.807, 2.05) is 0 Å². The second kappa shape index (κ2) is 13.6. The van der Waals surface area contributed by atoms with Crippen LogP contribution < -0.4 is 4.90 Å². The quantitative estimate of drug-likeness (QED) is 0.164. The average molecular weight is 730 g/mol. The largest absolute Gasteiger partial charge is 0.456 e. The standard InChI is InChI=1S/C54H35NO2/c1-5-14-36(15-6-1)39-24-28-43(29-25-39)55(44-30-26-40(27-31-44)37-16-7-2-8-17-37)48-22-13-23-49-54(48)47-35-50-46(34-51(47)56-49)53-45(41-20-11-4-12-21-41)32-42(33-52(53)57-50)38-18-9-3-10-19-38/h1-35H. The predicted octanol–water partition coefficient (Wildman–Crippen LogP) is 15.6. The number of nitrogens with zero attached hydrogens (tertiary/aromatic N) is 1. The van der Waals surface area contributed by atoms with Gasteiger partial charge in [-0.25, -0.2) is 0 Å². The van der Waals surface area contributed by atoms with Crippen LogP contribution in [0.15, 0.2) is 221 Å². The maximum atomic E-state index is 6.83. The van der Waals surface area contributed by atoms with Crippen LogP contribution in [0.3, 0.4) is 0 Å². The van der Waals surface area contributed by atoms with E-state index in [1.165, 1.54) is 22.3 Å². The van der Waals surface area contributed by atoms with Crippen LogP contribution in [0.4, 0.5) is 17.1 Å². The van der Waals surface area contributed by atoms with Crippen LogP contribution in [0.5, 0.6) is 0 Å². The van der Waals surface area contributed by atoms with Gasteiger partial charge in [-0.2, -0.15) is 0 Å². The smallest absolute Gasteiger partial charge is 0.137 e. The first kappa shape index (κ1) is 32.8. The van der Waals surface area contributed by atoms with Gasteiger partial charge in [0.05, 0.1) is 11.1 Å². The minimum atomic E-state index is 0.817. The molecule has 0 bridgehead atoms. The molecule has 0 unspecified atom stereocenters. The molecule has 11 aromatic rings. The van der Waals surface area contributed by atoms with Crippen molar-refractivity contribution in [1.29, 1.82) is 0 Å². The number of furan rings is 2. The summed E-state index contributed by atoms with van der Waals surface area (Å²) < 4.78 is 13.6. The number of benzene rings is 9. The third-order valence-corrected chi connectivity index (χ3v) is 11.1. The molecule has 0 radical (unpaired) electrons. The van der Waals surface area contributed by atoms with Gasteiger partial charge in [0, 0.05) is 27.5 Å². The molecule has 0 fully saturated rings. The Labute approximate surface area is 330 Å². The lowest BCUT2D eigenvalue weighted by atomic mass is 9.94. The fourth-order valence-electron chi connectivity index (χ4n) is 8.33. The molecular formula is C54H35NO2. The molecule has 0 amide bonds. The van der Waals surface area contributed by atoms with Gasteiger partial charge in [-0.3, -0.25) is 0 Å². The summed E-state index contributed by atoms with van der Waals surface area (Å²) in [7, 11) is 0. The van der Waals surface area contributed by atoms with Crippen molar-refractivity contribution in [2.24, 2.45) is 0 Å². The van der Waals surface area contributed by atoms with Crippen LogP contribution in [0, 0.1) is 0 Å². The zero-order chi connectivity index (χ0) is 37.7. The van der Waals surface area contributed by atoms with E-state index in [4.69, 9.17) is 8.83 Å². The van der Waals surface area contributed by atoms with Gasteiger partial charge >= 0.3 is 0 Å². The topological polar surface area (TPSA) is 29.5 Å². The molecule has 0 aliphatic carbocycles. The maximum absolute atomic E-state index is 6.83. The monoisotopic (exact) mass is 729 g/mol. The van der Waals surface area contributed by atoms with Crippen LogP contribution in [-0.4, -0.2) is 0 Å². The SMILES string of the molecule is c1ccc(-c2ccc(N(c3ccc(-c4ccccc4)cc3)c3cccc4oc5cc6c(cc5c34)oc3cc(-c4ccccc4)cc(-c4ccccc4)c36)cc2)cc1. The Hall–Kier alpha value is -7.62. The normalized spacial score (nSPS) is 11.5. The summed E-state index contributed by atoms with van der Waals surface area (Å²) in [5.74, 6) is 0. The van der Waals surface area contributed by atoms with Crippen LogP contribution in [0.2, 0.25) is 0 Å². The van der Waals surface area contributed by atoms with Gasteiger partial charge in [0.2, 0.25) is 0 Å². The Morgan fingerprint density at radius 1 is 0.281 bits per heavy atom. The number of rotatable bonds is 7. The maximum Gasteiger partial charge on any atom is 0.137 e. The van der Waals surface area contributed by atoms with Gasteiger partial charge in [0.15, 0.2) is 0 Å². The number of anilines is 3. The van der Waals surface area contributed by atoms with E-state index in [1.54, 1.807) is 0 Å². The van der Waals surface area contributed by atoms with Crippen molar-refractivity contribution in [2.75, 3.05) is 4.90 Å². The number of hydrogen-bond acceptors (Lipinski definition) is 3. The van der Waals surface area contributed by atoms with E-state index in [2.05, 4.69) is 217 Å². The molecule has 0 saturated heterocycles. The number of hydrogen-bond donors (Lipinski definition) is 0. The minimum Gasteiger partial charge on any atom is -0.456 e. The van der Waals surface area contributed by atoms with Crippen molar-refractivity contribution in [3.8, 4) is 44.5 Å². The Morgan fingerprint density at radius 2 is 0.719 bits per heavy atom. The van der Waals surface area contributed by atoms with E-state index in [-0.39, 0.29) is 0 Å². The molecular weight excluding hydrogens is 695 g/mol. The van der Waals surface area contributed by atoms with Crippen molar-refractivity contribution in [1.82, 2.24) is 0 Å². The molecule has 0 aliphatic rings.